The van der Waals surface area contributed by atoms with E-state index in [1.807, 2.05) is 12.1 Å². The van der Waals surface area contributed by atoms with Crippen molar-refractivity contribution in [1.29, 1.82) is 0 Å². The minimum absolute atomic E-state index is 0.0207. The van der Waals surface area contributed by atoms with Crippen LogP contribution >= 0.6 is 0 Å². The topological polar surface area (TPSA) is 134 Å². The second kappa shape index (κ2) is 18.8. The number of sulfonamides is 2. The van der Waals surface area contributed by atoms with Crippen LogP contribution in [0.4, 0.5) is 28.9 Å². The van der Waals surface area contributed by atoms with E-state index in [0.717, 1.165) is 88.9 Å². The second-order valence-corrected chi connectivity index (χ2v) is 26.5. The van der Waals surface area contributed by atoms with E-state index >= 15 is 0 Å². The number of hydrogen-bond acceptors (Lipinski definition) is 10. The van der Waals surface area contributed by atoms with Gasteiger partial charge in [0, 0.05) is 62.7 Å². The fraction of sp³-hybridized carbons (Fsp3) is 0.731. The van der Waals surface area contributed by atoms with Crippen molar-refractivity contribution in [1.82, 2.24) is 9.80 Å². The summed E-state index contributed by atoms with van der Waals surface area (Å²) in [6.07, 6.45) is 9.05. The summed E-state index contributed by atoms with van der Waals surface area (Å²) in [5, 5.41) is -1.65. The predicted molar refractivity (Wildman–Crippen MR) is 257 cm³/mol. The molecule has 2 aliphatic heterocycles. The van der Waals surface area contributed by atoms with Crippen molar-refractivity contribution in [2.24, 2.45) is 35.5 Å². The first-order valence-electron chi connectivity index (χ1n) is 26.3. The number of hydrogen-bond donors (Lipinski definition) is 0. The van der Waals surface area contributed by atoms with Gasteiger partial charge in [-0.15, -0.1) is 0 Å². The van der Waals surface area contributed by atoms with Gasteiger partial charge in [0.1, 0.15) is 0 Å². The molecule has 0 unspecified atom stereocenters. The van der Waals surface area contributed by atoms with Crippen LogP contribution in [-0.2, 0) is 50.1 Å². The molecule has 6 saturated carbocycles. The van der Waals surface area contributed by atoms with Gasteiger partial charge in [0.05, 0.1) is 21.9 Å². The maximum Gasteiger partial charge on any atom is 0.444 e. The summed E-state index contributed by atoms with van der Waals surface area (Å²) in [5.74, 6) is -6.40. The number of rotatable bonds is 20. The first kappa shape index (κ1) is 50.1. The highest BCUT2D eigenvalue weighted by Crippen LogP contribution is 2.67. The SMILES string of the molecule is CC[C@@]1(c2cccc(N(OC(=O)C(=O)ON(c3cccc([C@]4(CC)[C@@H]5CN(CCCC6CCC(F)(F)CC6)C[C@@H]54)c3)S(=O)(=O)C3CC3)S(=O)(=O)C3CC3)c2)[C@@H]2CN(CCCC3CCC(F)(F)CC3)C[C@@H]21. The Morgan fingerprint density at radius 2 is 0.914 bits per heavy atom. The fourth-order valence-electron chi connectivity index (χ4n) is 13.8. The molecule has 12 nitrogen and oxygen atoms in total. The summed E-state index contributed by atoms with van der Waals surface area (Å²) in [6.45, 7) is 9.52. The Labute approximate surface area is 411 Å². The van der Waals surface area contributed by atoms with Gasteiger partial charge in [0.25, 0.3) is 20.0 Å². The molecule has 2 aromatic carbocycles. The van der Waals surface area contributed by atoms with Crippen LogP contribution in [0.5, 0.6) is 0 Å². The molecule has 6 atom stereocenters. The first-order valence-corrected chi connectivity index (χ1v) is 29.3. The summed E-state index contributed by atoms with van der Waals surface area (Å²) < 4.78 is 112. The van der Waals surface area contributed by atoms with Crippen molar-refractivity contribution >= 4 is 43.4 Å². The van der Waals surface area contributed by atoms with Crippen molar-refractivity contribution in [3.63, 3.8) is 0 Å². The molecule has 0 amide bonds. The van der Waals surface area contributed by atoms with E-state index in [1.165, 1.54) is 12.1 Å². The molecule has 70 heavy (non-hydrogen) atoms. The minimum atomic E-state index is -4.30. The highest BCUT2D eigenvalue weighted by atomic mass is 32.2. The number of carbonyl (C=O) groups excluding carboxylic acids is 2. The van der Waals surface area contributed by atoms with E-state index in [4.69, 9.17) is 9.68 Å². The third kappa shape index (κ3) is 9.62. The summed E-state index contributed by atoms with van der Waals surface area (Å²) in [6, 6.07) is 13.8. The number of carbonyl (C=O) groups is 2. The van der Waals surface area contributed by atoms with E-state index in [2.05, 4.69) is 23.6 Å². The Morgan fingerprint density at radius 3 is 1.23 bits per heavy atom. The quantitative estimate of drug-likeness (QED) is 0.0718. The molecule has 6 aliphatic carbocycles. The van der Waals surface area contributed by atoms with Crippen LogP contribution in [-0.4, -0.2) is 100 Å². The van der Waals surface area contributed by atoms with Crippen molar-refractivity contribution in [2.75, 3.05) is 48.2 Å². The van der Waals surface area contributed by atoms with Gasteiger partial charge in [-0.05, 0) is 174 Å². The van der Waals surface area contributed by atoms with Crippen LogP contribution in [0.15, 0.2) is 48.5 Å². The predicted octanol–water partition coefficient (Wildman–Crippen LogP) is 9.53. The van der Waals surface area contributed by atoms with Gasteiger partial charge in [-0.1, -0.05) is 47.0 Å². The maximum atomic E-state index is 14.0. The van der Waals surface area contributed by atoms with Gasteiger partial charge < -0.3 is 19.5 Å². The largest absolute Gasteiger partial charge is 0.444 e. The van der Waals surface area contributed by atoms with Gasteiger partial charge in [0.2, 0.25) is 11.8 Å². The standard InChI is InChI=1S/C52H70F4N4O8S2/c1-3-51(43-31-57(32-44(43)51)27-7-9-35-19-23-49(53,54)24-20-35)37-11-5-13-39(29-37)59(69(63,64)41-15-16-41)67-47(61)48(62)68-60(70(65,66)42-17-18-42)40-14-6-12-38(30-40)52(4-2)45-33-58(34-46(45)52)28-8-10-36-21-25-50(55,56)26-22-36/h5-6,11-14,29-30,35-36,41-46H,3-4,7-10,15-28,31-34H2,1-2H3/t43-,44+,45-,46+,51-,52-. The molecular formula is C52H70F4N4O8S2. The monoisotopic (exact) mass is 1020 g/mol. The molecule has 2 saturated heterocycles. The van der Waals surface area contributed by atoms with Crippen LogP contribution in [0.1, 0.15) is 141 Å². The highest BCUT2D eigenvalue weighted by molar-refractivity contribution is 7.93. The van der Waals surface area contributed by atoms with Gasteiger partial charge >= 0.3 is 11.9 Å². The summed E-state index contributed by atoms with van der Waals surface area (Å²) in [4.78, 5) is 43.5. The summed E-state index contributed by atoms with van der Waals surface area (Å²) in [5.41, 5.74) is 1.49. The van der Waals surface area contributed by atoms with Crippen LogP contribution in [0, 0.1) is 35.5 Å². The lowest BCUT2D eigenvalue weighted by Crippen LogP contribution is -2.42. The van der Waals surface area contributed by atoms with Crippen LogP contribution in [0.3, 0.4) is 0 Å². The molecule has 10 rings (SSSR count). The Bertz CT molecular complexity index is 2310. The zero-order valence-corrected chi connectivity index (χ0v) is 42.2. The third-order valence-electron chi connectivity index (χ3n) is 18.3. The minimum Gasteiger partial charge on any atom is -0.314 e. The number of fused-ring (bicyclic) bond motifs is 2. The molecule has 8 aliphatic rings. The smallest absolute Gasteiger partial charge is 0.314 e. The van der Waals surface area contributed by atoms with Gasteiger partial charge in [-0.2, -0.15) is 0 Å². The highest BCUT2D eigenvalue weighted by Gasteiger charge is 2.68. The van der Waals surface area contributed by atoms with Gasteiger partial charge in [-0.3, -0.25) is 0 Å². The van der Waals surface area contributed by atoms with E-state index in [1.54, 1.807) is 24.3 Å². The fourth-order valence-corrected chi connectivity index (χ4v) is 17.0. The van der Waals surface area contributed by atoms with E-state index in [9.17, 15) is 44.0 Å². The van der Waals surface area contributed by atoms with Crippen LogP contribution in [0.25, 0.3) is 0 Å². The molecule has 386 valence electrons. The summed E-state index contributed by atoms with van der Waals surface area (Å²) in [7, 11) is -8.59. The van der Waals surface area contributed by atoms with Gasteiger partial charge in [0.15, 0.2) is 0 Å². The molecule has 2 aromatic rings. The Kier molecular flexibility index (Phi) is 13.4. The molecule has 18 heteroatoms. The van der Waals surface area contributed by atoms with Crippen LogP contribution < -0.4 is 8.94 Å². The molecule has 8 fully saturated rings. The number of anilines is 2. The first-order chi connectivity index (χ1) is 33.3. The average molecular weight is 1020 g/mol. The van der Waals surface area contributed by atoms with Crippen molar-refractivity contribution in [3.05, 3.63) is 59.7 Å². The molecule has 0 radical (unpaired) electrons. The maximum absolute atomic E-state index is 14.0. The van der Waals surface area contributed by atoms with Crippen molar-refractivity contribution < 1.29 is 53.7 Å². The lowest BCUT2D eigenvalue weighted by molar-refractivity contribution is -0.166. The van der Waals surface area contributed by atoms with Gasteiger partial charge in [-0.25, -0.2) is 44.0 Å². The summed E-state index contributed by atoms with van der Waals surface area (Å²) >= 11 is 0. The zero-order valence-electron chi connectivity index (χ0n) is 40.6. The van der Waals surface area contributed by atoms with Crippen molar-refractivity contribution in [3.8, 4) is 0 Å². The normalized spacial score (nSPS) is 30.9. The number of alkyl halides is 4. The number of benzene rings is 2. The lowest BCUT2D eigenvalue weighted by atomic mass is 9.84. The third-order valence-corrected chi connectivity index (χ3v) is 22.4. The number of likely N-dealkylation sites (tertiary alicyclic amines) is 2. The average Bonchev–Trinajstić information content (AvgIpc) is 4.24. The Morgan fingerprint density at radius 1 is 0.571 bits per heavy atom. The van der Waals surface area contributed by atoms with Crippen molar-refractivity contribution in [2.45, 2.75) is 163 Å². The zero-order chi connectivity index (χ0) is 49.4. The lowest BCUT2D eigenvalue weighted by Gasteiger charge is -2.30. The number of nitrogens with zero attached hydrogens (tertiary/aromatic N) is 4. The number of halogens is 4. The Hall–Kier alpha value is -3.48. The molecule has 0 spiro atoms. The van der Waals surface area contributed by atoms with E-state index < -0.39 is 54.3 Å². The molecular weight excluding hydrogens is 949 g/mol. The molecule has 0 aromatic heterocycles. The molecule has 0 N–H and O–H groups in total. The molecule has 2 heterocycles. The van der Waals surface area contributed by atoms with E-state index in [0.29, 0.717) is 95.8 Å². The van der Waals surface area contributed by atoms with E-state index in [-0.39, 0.29) is 47.9 Å². The van der Waals surface area contributed by atoms with Crippen LogP contribution in [0.2, 0.25) is 0 Å². The number of piperidine rings is 2. The molecule has 0 bridgehead atoms. The Balaban J connectivity index is 0.794. The second-order valence-electron chi connectivity index (χ2n) is 22.4.